The fourth-order valence-electron chi connectivity index (χ4n) is 2.69. The van der Waals surface area contributed by atoms with Crippen molar-refractivity contribution in [1.29, 1.82) is 0 Å². The molecule has 2 aromatic heterocycles. The van der Waals surface area contributed by atoms with E-state index in [9.17, 15) is 5.11 Å². The molecule has 0 bridgehead atoms. The van der Waals surface area contributed by atoms with Crippen LogP contribution in [0.25, 0.3) is 21.3 Å². The van der Waals surface area contributed by atoms with Crippen LogP contribution in [0.3, 0.4) is 0 Å². The van der Waals surface area contributed by atoms with Gasteiger partial charge in [0.15, 0.2) is 0 Å². The van der Waals surface area contributed by atoms with Gasteiger partial charge >= 0.3 is 0 Å². The van der Waals surface area contributed by atoms with Crippen LogP contribution in [0.2, 0.25) is 5.28 Å². The van der Waals surface area contributed by atoms with Crippen LogP contribution in [0.5, 0.6) is 0 Å². The number of benzene rings is 1. The van der Waals surface area contributed by atoms with Crippen molar-refractivity contribution < 1.29 is 5.11 Å². The van der Waals surface area contributed by atoms with Gasteiger partial charge in [-0.15, -0.1) is 11.3 Å². The molecule has 4 nitrogen and oxygen atoms in total. The van der Waals surface area contributed by atoms with Gasteiger partial charge in [-0.2, -0.15) is 4.98 Å². The molecule has 0 saturated heterocycles. The summed E-state index contributed by atoms with van der Waals surface area (Å²) in [5, 5.41) is 12.5. The molecule has 0 amide bonds. The number of thiophene rings is 1. The lowest BCUT2D eigenvalue weighted by Crippen LogP contribution is -2.22. The average molecular weight is 362 g/mol. The zero-order chi connectivity index (χ0) is 17.3. The second kappa shape index (κ2) is 7.05. The number of rotatable bonds is 5. The van der Waals surface area contributed by atoms with Crippen LogP contribution in [-0.2, 0) is 0 Å². The summed E-state index contributed by atoms with van der Waals surface area (Å²) in [4.78, 5) is 11.5. The topological polar surface area (TPSA) is 49.2 Å². The lowest BCUT2D eigenvalue weighted by atomic mass is 9.99. The molecule has 0 radical (unpaired) electrons. The van der Waals surface area contributed by atoms with E-state index in [1.165, 1.54) is 5.56 Å². The number of hydrogen-bond acceptors (Lipinski definition) is 5. The minimum atomic E-state index is 0.0577. The van der Waals surface area contributed by atoms with Crippen molar-refractivity contribution in [3.63, 3.8) is 0 Å². The van der Waals surface area contributed by atoms with Crippen molar-refractivity contribution >= 4 is 39.0 Å². The molecular formula is C18H20ClN3OS. The Kier molecular flexibility index (Phi) is 5.04. The molecule has 0 aliphatic carbocycles. The van der Waals surface area contributed by atoms with Gasteiger partial charge in [-0.25, -0.2) is 4.98 Å². The van der Waals surface area contributed by atoms with Gasteiger partial charge in [-0.3, -0.25) is 0 Å². The van der Waals surface area contributed by atoms with Crippen molar-refractivity contribution in [3.8, 4) is 11.1 Å². The average Bonchev–Trinajstić information content (AvgIpc) is 2.98. The Labute approximate surface area is 150 Å². The van der Waals surface area contributed by atoms with Gasteiger partial charge in [-0.05, 0) is 28.6 Å². The fourth-order valence-corrected chi connectivity index (χ4v) is 3.85. The summed E-state index contributed by atoms with van der Waals surface area (Å²) in [5.41, 5.74) is 3.55. The highest BCUT2D eigenvalue weighted by molar-refractivity contribution is 7.17. The molecule has 1 aromatic carbocycles. The summed E-state index contributed by atoms with van der Waals surface area (Å²) in [6, 6.07) is 8.61. The normalized spacial score (nSPS) is 11.4. The van der Waals surface area contributed by atoms with Crippen LogP contribution in [0.4, 0.5) is 5.82 Å². The maximum atomic E-state index is 9.24. The number of nitrogens with zero attached hydrogens (tertiary/aromatic N) is 3. The summed E-state index contributed by atoms with van der Waals surface area (Å²) in [6.45, 7) is 4.92. The Bertz CT molecular complexity index is 845. The second-order valence-corrected chi connectivity index (χ2v) is 7.26. The summed E-state index contributed by atoms with van der Waals surface area (Å²) in [5.74, 6) is 1.26. The predicted octanol–water partition coefficient (Wildman–Crippen LogP) is 4.56. The number of anilines is 1. The Morgan fingerprint density at radius 1 is 1.21 bits per heavy atom. The molecular weight excluding hydrogens is 342 g/mol. The van der Waals surface area contributed by atoms with Gasteiger partial charge < -0.3 is 10.0 Å². The second-order valence-electron chi connectivity index (χ2n) is 6.07. The smallest absolute Gasteiger partial charge is 0.225 e. The third-order valence-electron chi connectivity index (χ3n) is 4.07. The number of hydrogen-bond donors (Lipinski definition) is 1. The van der Waals surface area contributed by atoms with Crippen molar-refractivity contribution in [2.45, 2.75) is 19.8 Å². The van der Waals surface area contributed by atoms with E-state index in [-0.39, 0.29) is 11.9 Å². The number of halogens is 1. The first-order valence-corrected chi connectivity index (χ1v) is 9.14. The summed E-state index contributed by atoms with van der Waals surface area (Å²) in [6.07, 6.45) is 0. The number of aromatic nitrogens is 2. The highest BCUT2D eigenvalue weighted by Gasteiger charge is 2.17. The van der Waals surface area contributed by atoms with Gasteiger partial charge in [0.05, 0.1) is 12.0 Å². The van der Waals surface area contributed by atoms with Gasteiger partial charge in [0.25, 0.3) is 0 Å². The van der Waals surface area contributed by atoms with E-state index in [1.807, 2.05) is 11.9 Å². The first-order chi connectivity index (χ1) is 11.5. The molecule has 3 aromatic rings. The van der Waals surface area contributed by atoms with Crippen LogP contribution in [0, 0.1) is 0 Å². The lowest BCUT2D eigenvalue weighted by molar-refractivity contribution is 0.304. The van der Waals surface area contributed by atoms with E-state index in [2.05, 4.69) is 53.5 Å². The summed E-state index contributed by atoms with van der Waals surface area (Å²) < 4.78 is 0. The van der Waals surface area contributed by atoms with Crippen LogP contribution in [-0.4, -0.2) is 35.3 Å². The van der Waals surface area contributed by atoms with E-state index in [1.54, 1.807) is 11.3 Å². The van der Waals surface area contributed by atoms with Crippen molar-refractivity contribution in [3.05, 3.63) is 40.5 Å². The van der Waals surface area contributed by atoms with Crippen LogP contribution in [0.15, 0.2) is 29.6 Å². The van der Waals surface area contributed by atoms with Gasteiger partial charge in [0.1, 0.15) is 10.6 Å². The number of likely N-dealkylation sites (N-methyl/N-ethyl adjacent to an activating group) is 1. The lowest BCUT2D eigenvalue weighted by Gasteiger charge is -2.18. The first-order valence-electron chi connectivity index (χ1n) is 7.88. The Balaban J connectivity index is 2.15. The molecule has 0 aliphatic rings. The van der Waals surface area contributed by atoms with Crippen molar-refractivity contribution in [2.24, 2.45) is 0 Å². The highest BCUT2D eigenvalue weighted by atomic mass is 35.5. The molecule has 0 fully saturated rings. The maximum absolute atomic E-state index is 9.24. The van der Waals surface area contributed by atoms with E-state index in [4.69, 9.17) is 11.6 Å². The third kappa shape index (κ3) is 3.24. The summed E-state index contributed by atoms with van der Waals surface area (Å²) in [7, 11) is 1.90. The van der Waals surface area contributed by atoms with Gasteiger partial charge in [0, 0.05) is 24.5 Å². The Morgan fingerprint density at radius 3 is 2.54 bits per heavy atom. The number of fused-ring (bicyclic) bond motifs is 1. The van der Waals surface area contributed by atoms with Crippen LogP contribution in [0.1, 0.15) is 25.3 Å². The maximum Gasteiger partial charge on any atom is 0.225 e. The standard InChI is InChI=1S/C18H20ClN3OS/c1-11(2)12-4-6-13(7-5-12)14-10-24-17-15(14)16(20-18(19)21-17)22(3)8-9-23/h4-7,10-11,23H,8-9H2,1-3H3. The molecule has 0 atom stereocenters. The molecule has 0 spiro atoms. The monoisotopic (exact) mass is 361 g/mol. The minimum absolute atomic E-state index is 0.0577. The van der Waals surface area contributed by atoms with Crippen molar-refractivity contribution in [2.75, 3.05) is 25.1 Å². The van der Waals surface area contributed by atoms with E-state index < -0.39 is 0 Å². The molecule has 2 heterocycles. The molecule has 0 unspecified atom stereocenters. The predicted molar refractivity (Wildman–Crippen MR) is 102 cm³/mol. The Hall–Kier alpha value is -1.69. The van der Waals surface area contributed by atoms with Crippen LogP contribution < -0.4 is 4.90 Å². The zero-order valence-corrected chi connectivity index (χ0v) is 15.5. The van der Waals surface area contributed by atoms with E-state index >= 15 is 0 Å². The third-order valence-corrected chi connectivity index (χ3v) is 5.11. The quantitative estimate of drug-likeness (QED) is 0.676. The molecule has 0 aliphatic heterocycles. The van der Waals surface area contributed by atoms with Gasteiger partial charge in [0.2, 0.25) is 5.28 Å². The molecule has 3 rings (SSSR count). The SMILES string of the molecule is CC(C)c1ccc(-c2csc3nc(Cl)nc(N(C)CCO)c23)cc1. The zero-order valence-electron chi connectivity index (χ0n) is 14.0. The summed E-state index contributed by atoms with van der Waals surface area (Å²) >= 11 is 7.63. The molecule has 24 heavy (non-hydrogen) atoms. The van der Waals surface area contributed by atoms with E-state index in [0.717, 1.165) is 27.2 Å². The number of aliphatic hydroxyl groups excluding tert-OH is 1. The largest absolute Gasteiger partial charge is 0.395 e. The molecule has 0 saturated carbocycles. The molecule has 1 N–H and O–H groups in total. The van der Waals surface area contributed by atoms with Gasteiger partial charge in [-0.1, -0.05) is 38.1 Å². The van der Waals surface area contributed by atoms with Crippen molar-refractivity contribution in [1.82, 2.24) is 9.97 Å². The minimum Gasteiger partial charge on any atom is -0.395 e. The Morgan fingerprint density at radius 2 is 1.92 bits per heavy atom. The molecule has 6 heteroatoms. The van der Waals surface area contributed by atoms with E-state index in [0.29, 0.717) is 12.5 Å². The molecule has 126 valence electrons. The fraction of sp³-hybridized carbons (Fsp3) is 0.333. The number of aliphatic hydroxyl groups is 1. The first kappa shape index (κ1) is 17.1. The van der Waals surface area contributed by atoms with Crippen LogP contribution >= 0.6 is 22.9 Å². The highest BCUT2D eigenvalue weighted by Crippen LogP contribution is 2.38.